The van der Waals surface area contributed by atoms with Crippen LogP contribution in [0.3, 0.4) is 0 Å². The molecule has 0 amide bonds. The molecule has 2 aromatic carbocycles. The number of fused-ring (bicyclic) bond motifs is 2. The van der Waals surface area contributed by atoms with E-state index in [2.05, 4.69) is 57.6 Å². The van der Waals surface area contributed by atoms with Crippen LogP contribution in [0.2, 0.25) is 0 Å². The predicted octanol–water partition coefficient (Wildman–Crippen LogP) is 3.25. The summed E-state index contributed by atoms with van der Waals surface area (Å²) in [6, 6.07) is 20.8. The van der Waals surface area contributed by atoms with Gasteiger partial charge in [-0.3, -0.25) is 0 Å². The van der Waals surface area contributed by atoms with Gasteiger partial charge in [0.05, 0.1) is 24.1 Å². The molecule has 2 aliphatic rings. The van der Waals surface area contributed by atoms with Crippen molar-refractivity contribution in [2.24, 2.45) is 0 Å². The zero-order valence-electron chi connectivity index (χ0n) is 13.9. The molecule has 132 valence electrons. The van der Waals surface area contributed by atoms with E-state index in [0.717, 1.165) is 12.1 Å². The first kappa shape index (κ1) is 17.2. The molecule has 0 aromatic heterocycles. The summed E-state index contributed by atoms with van der Waals surface area (Å²) in [5, 5.41) is 3.64. The van der Waals surface area contributed by atoms with Crippen molar-refractivity contribution in [3.8, 4) is 0 Å². The van der Waals surface area contributed by atoms with Crippen LogP contribution in [-0.4, -0.2) is 36.0 Å². The highest BCUT2D eigenvalue weighted by Crippen LogP contribution is 2.34. The molecule has 4 nitrogen and oxygen atoms in total. The molecule has 0 unspecified atom stereocenters. The summed E-state index contributed by atoms with van der Waals surface area (Å²) in [6.07, 6.45) is -0.308. The molecule has 0 spiro atoms. The highest BCUT2D eigenvalue weighted by Gasteiger charge is 2.50. The van der Waals surface area contributed by atoms with Crippen LogP contribution in [0.4, 0.5) is 0 Å². The van der Waals surface area contributed by atoms with Crippen molar-refractivity contribution in [1.29, 1.82) is 0 Å². The van der Waals surface area contributed by atoms with Gasteiger partial charge >= 0.3 is 0 Å². The van der Waals surface area contributed by atoms with Gasteiger partial charge in [0.15, 0.2) is 6.29 Å². The van der Waals surface area contributed by atoms with E-state index in [1.54, 1.807) is 0 Å². The Kier molecular flexibility index (Phi) is 5.48. The maximum absolute atomic E-state index is 6.27. The van der Waals surface area contributed by atoms with Crippen LogP contribution in [0.5, 0.6) is 0 Å². The number of hydrogen-bond acceptors (Lipinski definition) is 4. The van der Waals surface area contributed by atoms with Crippen LogP contribution in [0.15, 0.2) is 60.7 Å². The lowest BCUT2D eigenvalue weighted by atomic mass is 9.99. The molecule has 2 fully saturated rings. The third kappa shape index (κ3) is 3.96. The Balaban J connectivity index is 1.45. The Hall–Kier alpha value is -1.24. The van der Waals surface area contributed by atoms with Gasteiger partial charge in [0.25, 0.3) is 0 Å². The molecule has 0 radical (unpaired) electrons. The fourth-order valence-electron chi connectivity index (χ4n) is 3.40. The summed E-state index contributed by atoms with van der Waals surface area (Å²) >= 11 is 3.76. The van der Waals surface area contributed by atoms with Crippen molar-refractivity contribution < 1.29 is 14.2 Å². The van der Waals surface area contributed by atoms with Gasteiger partial charge in [0.2, 0.25) is 0 Å². The summed E-state index contributed by atoms with van der Waals surface area (Å²) in [6.45, 7) is 1.94. The normalized spacial score (nSPS) is 31.2. The zero-order valence-corrected chi connectivity index (χ0v) is 15.5. The Labute approximate surface area is 156 Å². The van der Waals surface area contributed by atoms with E-state index >= 15 is 0 Å². The minimum atomic E-state index is -0.213. The van der Waals surface area contributed by atoms with Crippen molar-refractivity contribution in [2.75, 3.05) is 6.61 Å². The third-order valence-electron chi connectivity index (χ3n) is 4.73. The molecule has 5 atom stereocenters. The van der Waals surface area contributed by atoms with Gasteiger partial charge in [-0.1, -0.05) is 76.6 Å². The number of rotatable bonds is 6. The smallest absolute Gasteiger partial charge is 0.172 e. The molecule has 2 aliphatic heterocycles. The van der Waals surface area contributed by atoms with Crippen molar-refractivity contribution >= 4 is 15.9 Å². The number of ether oxygens (including phenoxy) is 3. The van der Waals surface area contributed by atoms with E-state index in [9.17, 15) is 0 Å². The summed E-state index contributed by atoms with van der Waals surface area (Å²) in [7, 11) is 0. The molecule has 0 aliphatic carbocycles. The van der Waals surface area contributed by atoms with Crippen LogP contribution < -0.4 is 5.32 Å². The number of nitrogens with one attached hydrogen (secondary N) is 1. The van der Waals surface area contributed by atoms with Crippen molar-refractivity contribution in [3.05, 3.63) is 71.8 Å². The maximum Gasteiger partial charge on any atom is 0.172 e. The van der Waals surface area contributed by atoms with E-state index in [4.69, 9.17) is 14.2 Å². The van der Waals surface area contributed by atoms with Gasteiger partial charge < -0.3 is 19.5 Å². The van der Waals surface area contributed by atoms with Crippen LogP contribution in [0.25, 0.3) is 0 Å². The topological polar surface area (TPSA) is 39.7 Å². The van der Waals surface area contributed by atoms with Gasteiger partial charge in [-0.15, -0.1) is 0 Å². The molecule has 25 heavy (non-hydrogen) atoms. The van der Waals surface area contributed by atoms with E-state index in [1.165, 1.54) is 5.56 Å². The standard InChI is InChI=1S/C20H22BrNO3/c21-17-18(22-11-14-7-3-1-4-8-14)19(16-13-24-20(17)25-16)23-12-15-9-5-2-6-10-15/h1-10,16-20,22H,11-13H2/t16-,17+,18+,19-,20-/m1/s1. The Morgan fingerprint density at radius 1 is 1.00 bits per heavy atom. The minimum Gasteiger partial charge on any atom is -0.369 e. The molecule has 2 bridgehead atoms. The molecule has 2 heterocycles. The van der Waals surface area contributed by atoms with Gasteiger partial charge in [0.1, 0.15) is 12.2 Å². The first-order valence-electron chi connectivity index (χ1n) is 8.65. The first-order valence-corrected chi connectivity index (χ1v) is 9.57. The summed E-state index contributed by atoms with van der Waals surface area (Å²) in [5.74, 6) is 0. The lowest BCUT2D eigenvalue weighted by Crippen LogP contribution is -2.58. The Morgan fingerprint density at radius 3 is 2.40 bits per heavy atom. The summed E-state index contributed by atoms with van der Waals surface area (Å²) < 4.78 is 18.0. The van der Waals surface area contributed by atoms with Gasteiger partial charge in [-0.05, 0) is 11.1 Å². The second kappa shape index (κ2) is 7.98. The molecular weight excluding hydrogens is 382 g/mol. The van der Waals surface area contributed by atoms with E-state index in [1.807, 2.05) is 24.3 Å². The molecule has 2 aromatic rings. The van der Waals surface area contributed by atoms with Crippen molar-refractivity contribution in [1.82, 2.24) is 5.32 Å². The Morgan fingerprint density at radius 2 is 1.68 bits per heavy atom. The van der Waals surface area contributed by atoms with E-state index < -0.39 is 0 Å². The van der Waals surface area contributed by atoms with Crippen LogP contribution in [0.1, 0.15) is 11.1 Å². The summed E-state index contributed by atoms with van der Waals surface area (Å²) in [5.41, 5.74) is 2.42. The average molecular weight is 404 g/mol. The molecule has 2 saturated heterocycles. The zero-order chi connectivity index (χ0) is 17.1. The number of hydrogen-bond donors (Lipinski definition) is 1. The molecule has 5 heteroatoms. The molecular formula is C20H22BrNO3. The fraction of sp³-hybridized carbons (Fsp3) is 0.400. The number of benzene rings is 2. The van der Waals surface area contributed by atoms with Crippen LogP contribution in [-0.2, 0) is 27.4 Å². The van der Waals surface area contributed by atoms with Gasteiger partial charge in [-0.25, -0.2) is 0 Å². The van der Waals surface area contributed by atoms with E-state index in [-0.39, 0.29) is 29.4 Å². The van der Waals surface area contributed by atoms with Gasteiger partial charge in [0, 0.05) is 6.54 Å². The highest BCUT2D eigenvalue weighted by atomic mass is 79.9. The molecule has 1 N–H and O–H groups in total. The molecule has 4 rings (SSSR count). The molecule has 0 saturated carbocycles. The fourth-order valence-corrected chi connectivity index (χ4v) is 4.16. The lowest BCUT2D eigenvalue weighted by molar-refractivity contribution is -0.146. The van der Waals surface area contributed by atoms with Crippen LogP contribution >= 0.6 is 15.9 Å². The average Bonchev–Trinajstić information content (AvgIpc) is 3.11. The van der Waals surface area contributed by atoms with E-state index in [0.29, 0.717) is 13.2 Å². The van der Waals surface area contributed by atoms with Crippen LogP contribution in [0, 0.1) is 0 Å². The number of halogens is 1. The quantitative estimate of drug-likeness (QED) is 0.751. The van der Waals surface area contributed by atoms with Crippen molar-refractivity contribution in [3.63, 3.8) is 0 Å². The minimum absolute atomic E-state index is 0.0317. The number of alkyl halides is 1. The first-order chi connectivity index (χ1) is 12.3. The van der Waals surface area contributed by atoms with Gasteiger partial charge in [-0.2, -0.15) is 0 Å². The second-order valence-electron chi connectivity index (χ2n) is 6.47. The maximum atomic E-state index is 6.27. The predicted molar refractivity (Wildman–Crippen MR) is 99.4 cm³/mol. The summed E-state index contributed by atoms with van der Waals surface area (Å²) in [4.78, 5) is 0.0516. The monoisotopic (exact) mass is 403 g/mol. The lowest BCUT2D eigenvalue weighted by Gasteiger charge is -2.39. The SMILES string of the molecule is Br[C@@H]1[C@@H]2OC[C@@H](O2)[C@@H](OCc2ccccc2)[C@H]1NCc1ccccc1. The third-order valence-corrected chi connectivity index (χ3v) is 5.73. The highest BCUT2D eigenvalue weighted by molar-refractivity contribution is 9.09. The van der Waals surface area contributed by atoms with Crippen molar-refractivity contribution in [2.45, 2.75) is 42.5 Å². The largest absolute Gasteiger partial charge is 0.369 e. The Bertz CT molecular complexity index is 626. The second-order valence-corrected chi connectivity index (χ2v) is 7.53.